The zero-order valence-electron chi connectivity index (χ0n) is 34.0. The molecular weight excluding hydrogens is 749 g/mol. The third-order valence-electron chi connectivity index (χ3n) is 11.9. The van der Waals surface area contributed by atoms with E-state index in [1.165, 1.54) is 43.8 Å². The molecule has 62 heavy (non-hydrogen) atoms. The van der Waals surface area contributed by atoms with Gasteiger partial charge in [0.2, 0.25) is 0 Å². The molecular formula is C60H40N2. The van der Waals surface area contributed by atoms with Gasteiger partial charge in [0, 0.05) is 22.3 Å². The fourth-order valence-electron chi connectivity index (χ4n) is 8.79. The van der Waals surface area contributed by atoms with Crippen LogP contribution in [0.4, 0.5) is 0 Å². The summed E-state index contributed by atoms with van der Waals surface area (Å²) in [6, 6.07) is 86.5. The highest BCUT2D eigenvalue weighted by Gasteiger charge is 2.15. The lowest BCUT2D eigenvalue weighted by Crippen LogP contribution is -1.92. The fraction of sp³-hybridized carbons (Fsp3) is 0. The van der Waals surface area contributed by atoms with Gasteiger partial charge in [-0.3, -0.25) is 0 Å². The van der Waals surface area contributed by atoms with Gasteiger partial charge in [-0.15, -0.1) is 0 Å². The van der Waals surface area contributed by atoms with Crippen molar-refractivity contribution in [2.24, 2.45) is 0 Å². The fourth-order valence-corrected chi connectivity index (χ4v) is 8.79. The summed E-state index contributed by atoms with van der Waals surface area (Å²) in [4.78, 5) is 10.5. The molecule has 0 amide bonds. The van der Waals surface area contributed by atoms with Gasteiger partial charge in [0.25, 0.3) is 0 Å². The number of hydrogen-bond donors (Lipinski definition) is 0. The van der Waals surface area contributed by atoms with Crippen LogP contribution in [0.15, 0.2) is 243 Å². The topological polar surface area (TPSA) is 25.8 Å². The Balaban J connectivity index is 0.987. The van der Waals surface area contributed by atoms with Gasteiger partial charge in [0.15, 0.2) is 0 Å². The summed E-state index contributed by atoms with van der Waals surface area (Å²) >= 11 is 0. The predicted molar refractivity (Wildman–Crippen MR) is 261 cm³/mol. The molecule has 9 aromatic carbocycles. The average Bonchev–Trinajstić information content (AvgIpc) is 3.36. The number of benzene rings is 9. The van der Waals surface area contributed by atoms with E-state index >= 15 is 0 Å². The normalized spacial score (nSPS) is 11.2. The number of rotatable bonds is 8. The zero-order chi connectivity index (χ0) is 41.2. The molecule has 0 atom stereocenters. The van der Waals surface area contributed by atoms with Crippen molar-refractivity contribution in [3.63, 3.8) is 0 Å². The summed E-state index contributed by atoms with van der Waals surface area (Å²) in [7, 11) is 0. The lowest BCUT2D eigenvalue weighted by molar-refractivity contribution is 1.32. The first-order valence-electron chi connectivity index (χ1n) is 21.1. The summed E-state index contributed by atoms with van der Waals surface area (Å²) < 4.78 is 0. The Labute approximate surface area is 362 Å². The van der Waals surface area contributed by atoms with Crippen molar-refractivity contribution in [3.05, 3.63) is 243 Å². The van der Waals surface area contributed by atoms with Gasteiger partial charge in [0.05, 0.1) is 22.8 Å². The first-order valence-corrected chi connectivity index (χ1v) is 21.1. The van der Waals surface area contributed by atoms with Crippen LogP contribution in [0.3, 0.4) is 0 Å². The molecule has 0 saturated heterocycles. The lowest BCUT2D eigenvalue weighted by Gasteiger charge is -2.15. The lowest BCUT2D eigenvalue weighted by atomic mass is 9.90. The maximum atomic E-state index is 5.23. The molecule has 0 unspecified atom stereocenters. The van der Waals surface area contributed by atoms with E-state index in [0.717, 1.165) is 67.3 Å². The van der Waals surface area contributed by atoms with E-state index in [4.69, 9.17) is 9.97 Å². The minimum Gasteiger partial charge on any atom is -0.248 e. The number of nitrogens with zero attached hydrogens (tertiary/aromatic N) is 2. The van der Waals surface area contributed by atoms with Crippen molar-refractivity contribution in [3.8, 4) is 89.5 Å². The van der Waals surface area contributed by atoms with Gasteiger partial charge in [-0.05, 0) is 102 Å². The quantitative estimate of drug-likeness (QED) is 0.143. The number of fused-ring (bicyclic) bond motifs is 3. The average molecular weight is 789 g/mol. The summed E-state index contributed by atoms with van der Waals surface area (Å²) in [6.45, 7) is 0. The van der Waals surface area contributed by atoms with Crippen molar-refractivity contribution < 1.29 is 0 Å². The van der Waals surface area contributed by atoms with Crippen LogP contribution in [-0.4, -0.2) is 9.97 Å². The molecule has 0 aliphatic carbocycles. The van der Waals surface area contributed by atoms with Gasteiger partial charge in [-0.25, -0.2) is 9.97 Å². The standard InChI is InChI=1S/C60H40N2/c1-5-17-41(18-6-1)49-37-57(43-21-9-3-10-22-43)61-59(39-49)47-27-13-25-45(35-47)51-29-15-31-53-54-32-16-30-52(56(54)34-33-55(51)53)46-26-14-28-48(36-46)60-40-50(42-19-7-2-8-20-42)38-58(62-60)44-23-11-4-12-24-44/h1-40H. The highest BCUT2D eigenvalue weighted by atomic mass is 14.7. The molecule has 11 aromatic rings. The van der Waals surface area contributed by atoms with E-state index in [9.17, 15) is 0 Å². The van der Waals surface area contributed by atoms with Crippen molar-refractivity contribution in [1.29, 1.82) is 0 Å². The summed E-state index contributed by atoms with van der Waals surface area (Å²) in [5, 5.41) is 4.89. The second-order valence-electron chi connectivity index (χ2n) is 15.7. The predicted octanol–water partition coefficient (Wildman–Crippen LogP) is 16.1. The van der Waals surface area contributed by atoms with Gasteiger partial charge < -0.3 is 0 Å². The molecule has 2 heteroatoms. The zero-order valence-corrected chi connectivity index (χ0v) is 34.0. The van der Waals surface area contributed by atoms with Crippen molar-refractivity contribution in [2.45, 2.75) is 0 Å². The number of hydrogen-bond acceptors (Lipinski definition) is 2. The molecule has 0 aliphatic heterocycles. The van der Waals surface area contributed by atoms with Crippen LogP contribution in [0.5, 0.6) is 0 Å². The first kappa shape index (κ1) is 36.8. The highest BCUT2D eigenvalue weighted by molar-refractivity contribution is 6.15. The van der Waals surface area contributed by atoms with Crippen molar-refractivity contribution in [2.75, 3.05) is 0 Å². The molecule has 0 N–H and O–H groups in total. The van der Waals surface area contributed by atoms with E-state index in [-0.39, 0.29) is 0 Å². The SMILES string of the molecule is c1ccc(-c2cc(-c3ccccc3)nc(-c3cccc(-c4cccc5c4ccc4c(-c6cccc(-c7cc(-c8ccccc8)cc(-c8ccccc8)n7)c6)cccc45)c3)c2)cc1. The van der Waals surface area contributed by atoms with Gasteiger partial charge >= 0.3 is 0 Å². The van der Waals surface area contributed by atoms with Crippen LogP contribution in [0, 0.1) is 0 Å². The maximum Gasteiger partial charge on any atom is 0.0715 e. The third-order valence-corrected chi connectivity index (χ3v) is 11.9. The Bertz CT molecular complexity index is 3030. The molecule has 0 spiro atoms. The Morgan fingerprint density at radius 1 is 0.177 bits per heavy atom. The summed E-state index contributed by atoms with van der Waals surface area (Å²) in [6.07, 6.45) is 0. The van der Waals surface area contributed by atoms with Gasteiger partial charge in [-0.1, -0.05) is 206 Å². The van der Waals surface area contributed by atoms with Crippen LogP contribution in [0.1, 0.15) is 0 Å². The van der Waals surface area contributed by atoms with E-state index in [0.29, 0.717) is 0 Å². The van der Waals surface area contributed by atoms with E-state index in [2.05, 4.69) is 231 Å². The number of aromatic nitrogens is 2. The molecule has 0 aliphatic rings. The molecule has 2 nitrogen and oxygen atoms in total. The summed E-state index contributed by atoms with van der Waals surface area (Å²) in [5.41, 5.74) is 17.5. The molecule has 2 heterocycles. The van der Waals surface area contributed by atoms with E-state index in [1.54, 1.807) is 0 Å². The van der Waals surface area contributed by atoms with E-state index in [1.807, 2.05) is 12.1 Å². The van der Waals surface area contributed by atoms with Crippen LogP contribution >= 0.6 is 0 Å². The minimum absolute atomic E-state index is 0.947. The largest absolute Gasteiger partial charge is 0.248 e. The second-order valence-corrected chi connectivity index (χ2v) is 15.7. The van der Waals surface area contributed by atoms with Crippen molar-refractivity contribution in [1.82, 2.24) is 9.97 Å². The van der Waals surface area contributed by atoms with Crippen LogP contribution < -0.4 is 0 Å². The molecule has 0 radical (unpaired) electrons. The maximum absolute atomic E-state index is 5.23. The van der Waals surface area contributed by atoms with Crippen molar-refractivity contribution >= 4 is 21.5 Å². The smallest absolute Gasteiger partial charge is 0.0715 e. The number of pyridine rings is 2. The van der Waals surface area contributed by atoms with Gasteiger partial charge in [-0.2, -0.15) is 0 Å². The molecule has 11 rings (SSSR count). The third kappa shape index (κ3) is 7.14. The minimum atomic E-state index is 0.947. The molecule has 2 aromatic heterocycles. The molecule has 0 bridgehead atoms. The Morgan fingerprint density at radius 3 is 0.871 bits per heavy atom. The van der Waals surface area contributed by atoms with Crippen LogP contribution in [-0.2, 0) is 0 Å². The summed E-state index contributed by atoms with van der Waals surface area (Å²) in [5.74, 6) is 0. The first-order chi connectivity index (χ1) is 30.7. The van der Waals surface area contributed by atoms with Crippen LogP contribution in [0.2, 0.25) is 0 Å². The molecule has 0 saturated carbocycles. The van der Waals surface area contributed by atoms with E-state index < -0.39 is 0 Å². The highest BCUT2D eigenvalue weighted by Crippen LogP contribution is 2.40. The second kappa shape index (κ2) is 16.1. The molecule has 290 valence electrons. The monoisotopic (exact) mass is 788 g/mol. The van der Waals surface area contributed by atoms with Crippen LogP contribution in [0.25, 0.3) is 111 Å². The Morgan fingerprint density at radius 2 is 0.484 bits per heavy atom. The Hall–Kier alpha value is -8.20. The Kier molecular flexibility index (Phi) is 9.57. The molecule has 0 fully saturated rings. The van der Waals surface area contributed by atoms with Gasteiger partial charge in [0.1, 0.15) is 0 Å².